The van der Waals surface area contributed by atoms with Crippen LogP contribution in [0.25, 0.3) is 0 Å². The Morgan fingerprint density at radius 2 is 1.94 bits per heavy atom. The molecule has 2 atom stereocenters. The molecule has 1 fully saturated rings. The van der Waals surface area contributed by atoms with Crippen LogP contribution < -0.4 is 10.8 Å². The number of anilines is 1. The topological polar surface area (TPSA) is 71.9 Å². The summed E-state index contributed by atoms with van der Waals surface area (Å²) in [7, 11) is -1.64. The van der Waals surface area contributed by atoms with E-state index in [1.165, 1.54) is 11.0 Å². The minimum atomic E-state index is -4.37. The molecule has 11 heteroatoms. The van der Waals surface area contributed by atoms with Crippen molar-refractivity contribution in [3.8, 4) is 0 Å². The molecule has 0 saturated carbocycles. The molecule has 0 aliphatic carbocycles. The zero-order valence-electron chi connectivity index (χ0n) is 19.0. The number of hydrogen-bond donors (Lipinski definition) is 3. The number of halogens is 4. The predicted molar refractivity (Wildman–Crippen MR) is 123 cm³/mol. The van der Waals surface area contributed by atoms with Gasteiger partial charge in [-0.3, -0.25) is 19.2 Å². The highest BCUT2D eigenvalue weighted by Gasteiger charge is 2.41. The van der Waals surface area contributed by atoms with Crippen LogP contribution in [0.3, 0.4) is 0 Å². The molecule has 2 aliphatic heterocycles. The van der Waals surface area contributed by atoms with Gasteiger partial charge in [0.2, 0.25) is 0 Å². The average Bonchev–Trinajstić information content (AvgIpc) is 2.75. The fourth-order valence-corrected chi connectivity index (χ4v) is 4.90. The highest BCUT2D eigenvalue weighted by molar-refractivity contribution is 6.58. The summed E-state index contributed by atoms with van der Waals surface area (Å²) in [6, 6.07) is 7.50. The molecule has 4 rings (SSSR count). The molecule has 3 N–H and O–H groups in total. The first kappa shape index (κ1) is 24.9. The highest BCUT2D eigenvalue weighted by Crippen LogP contribution is 2.38. The van der Waals surface area contributed by atoms with Crippen molar-refractivity contribution in [1.29, 1.82) is 0 Å². The van der Waals surface area contributed by atoms with E-state index in [0.717, 1.165) is 30.9 Å². The van der Waals surface area contributed by atoms with E-state index in [-0.39, 0.29) is 12.7 Å². The molecule has 0 bridgehead atoms. The van der Waals surface area contributed by atoms with E-state index in [9.17, 15) is 27.6 Å². The van der Waals surface area contributed by atoms with E-state index in [0.29, 0.717) is 29.6 Å². The molecule has 1 aromatic carbocycles. The summed E-state index contributed by atoms with van der Waals surface area (Å²) in [6.07, 6.45) is -1.85. The smallest absolute Gasteiger partial charge is 0.423 e. The number of rotatable bonds is 8. The zero-order chi connectivity index (χ0) is 24.5. The molecule has 184 valence electrons. The van der Waals surface area contributed by atoms with Crippen molar-refractivity contribution in [2.24, 2.45) is 0 Å². The van der Waals surface area contributed by atoms with Crippen molar-refractivity contribution in [3.05, 3.63) is 53.3 Å². The van der Waals surface area contributed by atoms with Crippen LogP contribution in [0.15, 0.2) is 36.5 Å². The minimum absolute atomic E-state index is 0.229. The van der Waals surface area contributed by atoms with E-state index < -0.39 is 31.9 Å². The lowest BCUT2D eigenvalue weighted by Crippen LogP contribution is -2.54. The number of nitrogens with one attached hydrogen (secondary N) is 1. The van der Waals surface area contributed by atoms with Crippen LogP contribution in [0.1, 0.15) is 36.2 Å². The third kappa shape index (κ3) is 5.71. The Morgan fingerprint density at radius 3 is 2.56 bits per heavy atom. The van der Waals surface area contributed by atoms with E-state index in [1.807, 2.05) is 6.07 Å². The molecule has 0 spiro atoms. The molecule has 3 heterocycles. The largest absolute Gasteiger partial charge is 0.488 e. The number of nitrogens with zero attached hydrogens (tertiary/aromatic N) is 3. The van der Waals surface area contributed by atoms with Gasteiger partial charge in [-0.25, -0.2) is 0 Å². The number of fused-ring (bicyclic) bond motifs is 1. The second kappa shape index (κ2) is 10.2. The Hall–Kier alpha value is -2.21. The number of likely N-dealkylation sites (tertiary alicyclic amines) is 1. The molecule has 1 aromatic heterocycles. The van der Waals surface area contributed by atoms with Crippen molar-refractivity contribution in [2.45, 2.75) is 44.1 Å². The zero-order valence-corrected chi connectivity index (χ0v) is 19.0. The molecule has 0 amide bonds. The van der Waals surface area contributed by atoms with Gasteiger partial charge in [0.25, 0.3) is 0 Å². The van der Waals surface area contributed by atoms with Gasteiger partial charge in [0.05, 0.1) is 42.9 Å². The third-order valence-corrected chi connectivity index (χ3v) is 6.54. The molecule has 0 radical (unpaired) electrons. The summed E-state index contributed by atoms with van der Waals surface area (Å²) in [5.74, 6) is 0. The maximum absolute atomic E-state index is 13.4. The Bertz CT molecular complexity index is 970. The summed E-state index contributed by atoms with van der Waals surface area (Å²) >= 11 is 0. The maximum Gasteiger partial charge on any atom is 0.488 e. The minimum Gasteiger partial charge on any atom is -0.423 e. The fourth-order valence-electron chi connectivity index (χ4n) is 4.90. The van der Waals surface area contributed by atoms with Gasteiger partial charge in [0.15, 0.2) is 0 Å². The van der Waals surface area contributed by atoms with Gasteiger partial charge in [-0.15, -0.1) is 0 Å². The first-order valence-corrected chi connectivity index (χ1v) is 11.5. The number of hydrogen-bond acceptors (Lipinski definition) is 6. The summed E-state index contributed by atoms with van der Waals surface area (Å²) in [4.78, 5) is 8.08. The standard InChI is InChI=1S/C23H29BF4N4O2/c1-15-9-16-10-17(24(33)34)3-5-20(16)22(32(15)14-23(26,27)28)21-6-4-18(11-29-21)30-19-12-31(13-19)8-2-7-25/h3-6,10-11,15,19,22,30,33-34H,2,7-9,12-14H2,1H3. The second-order valence-electron chi connectivity index (χ2n) is 9.19. The van der Waals surface area contributed by atoms with Crippen molar-refractivity contribution < 1.29 is 27.6 Å². The lowest BCUT2D eigenvalue weighted by molar-refractivity contribution is -0.155. The summed E-state index contributed by atoms with van der Waals surface area (Å²) in [5.41, 5.74) is 3.06. The first-order chi connectivity index (χ1) is 16.1. The number of alkyl halides is 4. The van der Waals surface area contributed by atoms with Crippen LogP contribution in [0.5, 0.6) is 0 Å². The summed E-state index contributed by atoms with van der Waals surface area (Å²) in [5, 5.41) is 22.4. The molecule has 6 nitrogen and oxygen atoms in total. The Labute approximate surface area is 196 Å². The number of pyridine rings is 1. The lowest BCUT2D eigenvalue weighted by Gasteiger charge is -2.42. The van der Waals surface area contributed by atoms with E-state index in [4.69, 9.17) is 0 Å². The van der Waals surface area contributed by atoms with E-state index >= 15 is 0 Å². The molecule has 34 heavy (non-hydrogen) atoms. The van der Waals surface area contributed by atoms with Gasteiger partial charge in [0, 0.05) is 25.7 Å². The molecule has 2 aromatic rings. The van der Waals surface area contributed by atoms with Gasteiger partial charge < -0.3 is 15.4 Å². The SMILES string of the molecule is CC1Cc2cc(B(O)O)ccc2C(c2ccc(NC3CN(CCCF)C3)cn2)N1CC(F)(F)F. The highest BCUT2D eigenvalue weighted by atomic mass is 19.4. The summed E-state index contributed by atoms with van der Waals surface area (Å²) < 4.78 is 52.6. The van der Waals surface area contributed by atoms with Crippen LogP contribution in [0.2, 0.25) is 0 Å². The van der Waals surface area contributed by atoms with Gasteiger partial charge in [-0.05, 0) is 48.5 Å². The summed E-state index contributed by atoms with van der Waals surface area (Å²) in [6.45, 7) is 2.71. The van der Waals surface area contributed by atoms with Crippen LogP contribution in [-0.4, -0.2) is 83.1 Å². The second-order valence-corrected chi connectivity index (χ2v) is 9.19. The molecule has 2 unspecified atom stereocenters. The van der Waals surface area contributed by atoms with Crippen molar-refractivity contribution in [1.82, 2.24) is 14.8 Å². The van der Waals surface area contributed by atoms with Crippen LogP contribution in [0.4, 0.5) is 23.2 Å². The normalized spacial score (nSPS) is 21.7. The maximum atomic E-state index is 13.4. The van der Waals surface area contributed by atoms with E-state index in [1.54, 1.807) is 31.3 Å². The van der Waals surface area contributed by atoms with Gasteiger partial charge in [-0.1, -0.05) is 18.2 Å². The van der Waals surface area contributed by atoms with Crippen LogP contribution in [-0.2, 0) is 6.42 Å². The molecular formula is C23H29BF4N4O2. The van der Waals surface area contributed by atoms with Crippen molar-refractivity contribution >= 4 is 18.3 Å². The number of benzene rings is 1. The molecule has 2 aliphatic rings. The van der Waals surface area contributed by atoms with E-state index in [2.05, 4.69) is 15.2 Å². The monoisotopic (exact) mass is 480 g/mol. The third-order valence-electron chi connectivity index (χ3n) is 6.54. The van der Waals surface area contributed by atoms with Gasteiger partial charge >= 0.3 is 13.3 Å². The van der Waals surface area contributed by atoms with Gasteiger partial charge in [0.1, 0.15) is 0 Å². The van der Waals surface area contributed by atoms with Crippen molar-refractivity contribution in [2.75, 3.05) is 38.2 Å². The van der Waals surface area contributed by atoms with Crippen molar-refractivity contribution in [3.63, 3.8) is 0 Å². The van der Waals surface area contributed by atoms with Crippen LogP contribution >= 0.6 is 0 Å². The Balaban J connectivity index is 1.56. The Morgan fingerprint density at radius 1 is 1.18 bits per heavy atom. The van der Waals surface area contributed by atoms with Crippen LogP contribution in [0, 0.1) is 0 Å². The fraction of sp³-hybridized carbons (Fsp3) is 0.522. The molecule has 1 saturated heterocycles. The Kier molecular flexibility index (Phi) is 7.46. The first-order valence-electron chi connectivity index (χ1n) is 11.5. The quantitative estimate of drug-likeness (QED) is 0.398. The average molecular weight is 480 g/mol. The lowest BCUT2D eigenvalue weighted by atomic mass is 9.76. The number of aromatic nitrogens is 1. The molecular weight excluding hydrogens is 451 g/mol. The predicted octanol–water partition coefficient (Wildman–Crippen LogP) is 2.12. The van der Waals surface area contributed by atoms with Gasteiger partial charge in [-0.2, -0.15) is 13.2 Å².